The van der Waals surface area contributed by atoms with Crippen molar-refractivity contribution in [3.8, 4) is 0 Å². The fourth-order valence-electron chi connectivity index (χ4n) is 2.41. The van der Waals surface area contributed by atoms with Crippen LogP contribution in [0.5, 0.6) is 0 Å². The van der Waals surface area contributed by atoms with Gasteiger partial charge in [-0.25, -0.2) is 0 Å². The number of Topliss-reactive ketones (excluding diaryl/α,β-unsaturated/α-hetero) is 1. The second-order valence-electron chi connectivity index (χ2n) is 5.14. The van der Waals surface area contributed by atoms with Gasteiger partial charge in [-0.3, -0.25) is 9.36 Å². The molecule has 2 rings (SSSR count). The normalized spacial score (nSPS) is 12.1. The van der Waals surface area contributed by atoms with E-state index in [2.05, 4.69) is 0 Å². The summed E-state index contributed by atoms with van der Waals surface area (Å²) in [5.41, 5.74) is 3.60. The number of hydrogen-bond donors (Lipinski definition) is 0. The van der Waals surface area contributed by atoms with Crippen LogP contribution in [0.25, 0.3) is 0 Å². The van der Waals surface area contributed by atoms with E-state index < -0.39 is 8.03 Å². The monoisotopic (exact) mass is 302 g/mol. The summed E-state index contributed by atoms with van der Waals surface area (Å²) in [7, 11) is -2.42. The van der Waals surface area contributed by atoms with E-state index in [-0.39, 0.29) is 12.4 Å². The molecular weight excluding hydrogens is 283 g/mol. The molecule has 1 unspecified atom stereocenters. The van der Waals surface area contributed by atoms with Crippen LogP contribution in [-0.4, -0.2) is 12.4 Å². The van der Waals surface area contributed by atoms with Crippen LogP contribution < -0.4 is 5.30 Å². The van der Waals surface area contributed by atoms with Gasteiger partial charge in [0.05, 0.1) is 0 Å². The first-order valence-electron chi connectivity index (χ1n) is 6.82. The Balaban J connectivity index is 2.08. The number of ketones is 1. The average Bonchev–Trinajstić information content (AvgIpc) is 2.44. The predicted octanol–water partition coefficient (Wildman–Crippen LogP) is 3.61. The molecule has 0 fully saturated rings. The Kier molecular flexibility index (Phi) is 5.11. The molecule has 0 aliphatic heterocycles. The number of carbonyl (C=O) groups excluding carboxylic acids is 1. The minimum Gasteiger partial charge on any atom is -0.319 e. The predicted molar refractivity (Wildman–Crippen MR) is 86.0 cm³/mol. The lowest BCUT2D eigenvalue weighted by Crippen LogP contribution is -2.12. The van der Waals surface area contributed by atoms with Gasteiger partial charge in [-0.15, -0.1) is 0 Å². The summed E-state index contributed by atoms with van der Waals surface area (Å²) in [5.74, 6) is -0.156. The summed E-state index contributed by atoms with van der Waals surface area (Å²) in [4.78, 5) is 12.0. The zero-order valence-electron chi connectivity index (χ0n) is 12.5. The minimum atomic E-state index is -2.42. The zero-order valence-corrected chi connectivity index (χ0v) is 13.5. The Bertz CT molecular complexity index is 655. The fraction of sp³-hybridized carbons (Fsp3) is 0.235. The fourth-order valence-corrected chi connectivity index (χ4v) is 3.61. The maximum absolute atomic E-state index is 12.3. The van der Waals surface area contributed by atoms with E-state index in [1.807, 2.05) is 39.0 Å². The summed E-state index contributed by atoms with van der Waals surface area (Å²) in [6.07, 6.45) is 0. The van der Waals surface area contributed by atoms with E-state index in [9.17, 15) is 9.36 Å². The maximum atomic E-state index is 12.3. The van der Waals surface area contributed by atoms with Gasteiger partial charge < -0.3 is 4.52 Å². The number of hydrogen-bond acceptors (Lipinski definition) is 3. The first-order valence-corrected chi connectivity index (χ1v) is 8.14. The molecule has 0 aliphatic carbocycles. The van der Waals surface area contributed by atoms with Crippen molar-refractivity contribution in [3.05, 3.63) is 64.7 Å². The Morgan fingerprint density at radius 2 is 1.62 bits per heavy atom. The Morgan fingerprint density at radius 1 is 1.05 bits per heavy atom. The smallest absolute Gasteiger partial charge is 0.221 e. The third kappa shape index (κ3) is 3.90. The lowest BCUT2D eigenvalue weighted by atomic mass is 10.1. The second kappa shape index (κ2) is 6.84. The summed E-state index contributed by atoms with van der Waals surface area (Å²) in [6, 6.07) is 12.9. The number of aryl methyl sites for hydroxylation is 3. The van der Waals surface area contributed by atoms with Crippen LogP contribution in [0.3, 0.4) is 0 Å². The van der Waals surface area contributed by atoms with Gasteiger partial charge in [0.25, 0.3) is 0 Å². The molecule has 0 heterocycles. The maximum Gasteiger partial charge on any atom is 0.221 e. The van der Waals surface area contributed by atoms with Crippen LogP contribution in [0.2, 0.25) is 0 Å². The molecule has 0 N–H and O–H groups in total. The second-order valence-corrected chi connectivity index (χ2v) is 6.50. The Morgan fingerprint density at radius 3 is 2.19 bits per heavy atom. The van der Waals surface area contributed by atoms with Crippen LogP contribution in [0.4, 0.5) is 0 Å². The summed E-state index contributed by atoms with van der Waals surface area (Å²) in [6.45, 7) is 5.68. The van der Waals surface area contributed by atoms with Crippen molar-refractivity contribution < 1.29 is 13.9 Å². The van der Waals surface area contributed by atoms with Crippen LogP contribution in [0, 0.1) is 20.8 Å². The van der Waals surface area contributed by atoms with Crippen molar-refractivity contribution in [3.63, 3.8) is 0 Å². The van der Waals surface area contributed by atoms with Crippen molar-refractivity contribution in [2.45, 2.75) is 20.8 Å². The summed E-state index contributed by atoms with van der Waals surface area (Å²) >= 11 is 0. The van der Waals surface area contributed by atoms with Crippen molar-refractivity contribution in [1.82, 2.24) is 0 Å². The summed E-state index contributed by atoms with van der Waals surface area (Å²) < 4.78 is 17.7. The molecule has 2 aromatic carbocycles. The van der Waals surface area contributed by atoms with E-state index in [1.165, 1.54) is 0 Å². The van der Waals surface area contributed by atoms with Gasteiger partial charge >= 0.3 is 0 Å². The topological polar surface area (TPSA) is 43.4 Å². The molecule has 0 saturated heterocycles. The van der Waals surface area contributed by atoms with Crippen molar-refractivity contribution in [1.29, 1.82) is 0 Å². The first-order chi connectivity index (χ1) is 9.99. The Hall–Kier alpha value is -1.70. The van der Waals surface area contributed by atoms with E-state index in [4.69, 9.17) is 4.52 Å². The minimum absolute atomic E-state index is 0.156. The molecule has 0 radical (unpaired) electrons. The third-order valence-electron chi connectivity index (χ3n) is 3.31. The molecule has 4 heteroatoms. The average molecular weight is 302 g/mol. The first kappa shape index (κ1) is 15.7. The van der Waals surface area contributed by atoms with Crippen LogP contribution in [-0.2, 0) is 9.09 Å². The van der Waals surface area contributed by atoms with Gasteiger partial charge in [0.15, 0.2) is 5.78 Å². The highest BCUT2D eigenvalue weighted by atomic mass is 31.1. The number of benzene rings is 2. The van der Waals surface area contributed by atoms with E-state index in [1.54, 1.807) is 24.3 Å². The van der Waals surface area contributed by atoms with Gasteiger partial charge in [0.2, 0.25) is 8.03 Å². The highest BCUT2D eigenvalue weighted by Crippen LogP contribution is 2.26. The van der Waals surface area contributed by atoms with Crippen molar-refractivity contribution in [2.24, 2.45) is 0 Å². The van der Waals surface area contributed by atoms with Crippen LogP contribution >= 0.6 is 8.03 Å². The van der Waals surface area contributed by atoms with Gasteiger partial charge in [0, 0.05) is 10.9 Å². The molecule has 0 aliphatic rings. The molecule has 0 spiro atoms. The lowest BCUT2D eigenvalue weighted by Gasteiger charge is -2.11. The Labute approximate surface area is 125 Å². The number of rotatable bonds is 5. The molecule has 21 heavy (non-hydrogen) atoms. The zero-order chi connectivity index (χ0) is 15.4. The van der Waals surface area contributed by atoms with E-state index in [0.29, 0.717) is 5.56 Å². The third-order valence-corrected chi connectivity index (χ3v) is 4.91. The van der Waals surface area contributed by atoms with Crippen molar-refractivity contribution in [2.75, 3.05) is 6.61 Å². The highest BCUT2D eigenvalue weighted by molar-refractivity contribution is 7.48. The molecule has 1 atom stereocenters. The van der Waals surface area contributed by atoms with E-state index >= 15 is 0 Å². The molecule has 0 bridgehead atoms. The molecule has 110 valence electrons. The lowest BCUT2D eigenvalue weighted by molar-refractivity contribution is 0.0928. The SMILES string of the molecule is Cc1cc(C)c([PH](=O)OCC(=O)c2ccccc2)c(C)c1. The van der Waals surface area contributed by atoms with Gasteiger partial charge in [0.1, 0.15) is 6.61 Å². The molecule has 0 aromatic heterocycles. The van der Waals surface area contributed by atoms with Gasteiger partial charge in [-0.2, -0.15) is 0 Å². The molecule has 3 nitrogen and oxygen atoms in total. The van der Waals surface area contributed by atoms with E-state index in [0.717, 1.165) is 22.0 Å². The summed E-state index contributed by atoms with van der Waals surface area (Å²) in [5, 5.41) is 0.728. The van der Waals surface area contributed by atoms with Crippen molar-refractivity contribution >= 4 is 19.1 Å². The largest absolute Gasteiger partial charge is 0.319 e. The quantitative estimate of drug-likeness (QED) is 0.626. The standard InChI is InChI=1S/C17H19O3P/c1-12-9-13(2)17(14(3)10-12)21(19)20-11-16(18)15-7-5-4-6-8-15/h4-10,21H,11H2,1-3H3. The van der Waals surface area contributed by atoms with Crippen LogP contribution in [0.15, 0.2) is 42.5 Å². The molecular formula is C17H19O3P. The number of carbonyl (C=O) groups is 1. The molecule has 0 saturated carbocycles. The molecule has 2 aromatic rings. The van der Waals surface area contributed by atoms with Gasteiger partial charge in [-0.05, 0) is 31.9 Å². The highest BCUT2D eigenvalue weighted by Gasteiger charge is 2.14. The van der Waals surface area contributed by atoms with Crippen LogP contribution in [0.1, 0.15) is 27.0 Å². The van der Waals surface area contributed by atoms with Gasteiger partial charge in [-0.1, -0.05) is 48.0 Å². The molecule has 0 amide bonds.